The van der Waals surface area contributed by atoms with E-state index < -0.39 is 0 Å². The second kappa shape index (κ2) is 9.97. The number of rotatable bonds is 7. The zero-order valence-corrected chi connectivity index (χ0v) is 18.1. The summed E-state index contributed by atoms with van der Waals surface area (Å²) in [4.78, 5) is 14.5. The van der Waals surface area contributed by atoms with E-state index in [1.165, 1.54) is 70.1 Å². The average Bonchev–Trinajstić information content (AvgIpc) is 3.23. The van der Waals surface area contributed by atoms with Gasteiger partial charge in [-0.05, 0) is 94.5 Å². The number of carbonyl (C=O) groups is 1. The van der Waals surface area contributed by atoms with Crippen LogP contribution in [0.15, 0.2) is 18.2 Å². The smallest absolute Gasteiger partial charge is 0.220 e. The summed E-state index contributed by atoms with van der Waals surface area (Å²) in [6.07, 6.45) is 11.5. The minimum absolute atomic E-state index is 0.245. The first-order valence-corrected chi connectivity index (χ1v) is 12.0. The summed E-state index contributed by atoms with van der Waals surface area (Å²) < 4.78 is 5.76. The molecule has 29 heavy (non-hydrogen) atoms. The monoisotopic (exact) mass is 398 g/mol. The van der Waals surface area contributed by atoms with Gasteiger partial charge in [0.25, 0.3) is 0 Å². The van der Waals surface area contributed by atoms with Gasteiger partial charge in [-0.2, -0.15) is 0 Å². The van der Waals surface area contributed by atoms with Gasteiger partial charge in [0.05, 0.1) is 6.61 Å². The number of ether oxygens (including phenoxy) is 1. The quantitative estimate of drug-likeness (QED) is 0.726. The zero-order valence-electron chi connectivity index (χ0n) is 18.1. The first-order chi connectivity index (χ1) is 14.2. The maximum Gasteiger partial charge on any atom is 0.220 e. The Morgan fingerprint density at radius 2 is 1.93 bits per heavy atom. The minimum Gasteiger partial charge on any atom is -0.493 e. The maximum atomic E-state index is 11.8. The molecular formula is C25H38N2O2. The SMILES string of the molecule is CCCC(=O)NC1CCC(CCN2CCC(c3cccc4c3CCO4)CC2)CC1. The number of hydrogen-bond donors (Lipinski definition) is 1. The number of carbonyl (C=O) groups excluding carboxylic acids is 1. The van der Waals surface area contributed by atoms with Gasteiger partial charge in [-0.3, -0.25) is 4.79 Å². The van der Waals surface area contributed by atoms with Gasteiger partial charge >= 0.3 is 0 Å². The summed E-state index contributed by atoms with van der Waals surface area (Å²) in [6.45, 7) is 6.64. The fourth-order valence-electron chi connectivity index (χ4n) is 5.59. The third-order valence-corrected chi connectivity index (χ3v) is 7.35. The first-order valence-electron chi connectivity index (χ1n) is 12.0. The van der Waals surface area contributed by atoms with E-state index in [1.807, 2.05) is 0 Å². The molecule has 0 bridgehead atoms. The molecule has 1 saturated carbocycles. The van der Waals surface area contributed by atoms with Gasteiger partial charge in [-0.1, -0.05) is 19.1 Å². The molecule has 1 amide bonds. The molecule has 2 fully saturated rings. The van der Waals surface area contributed by atoms with Crippen molar-refractivity contribution in [2.75, 3.05) is 26.2 Å². The lowest BCUT2D eigenvalue weighted by Gasteiger charge is -2.35. The minimum atomic E-state index is 0.245. The van der Waals surface area contributed by atoms with Crippen LogP contribution in [-0.2, 0) is 11.2 Å². The lowest BCUT2D eigenvalue weighted by molar-refractivity contribution is -0.122. The Bertz CT molecular complexity index is 673. The Labute approximate surface area is 176 Å². The highest BCUT2D eigenvalue weighted by atomic mass is 16.5. The summed E-state index contributed by atoms with van der Waals surface area (Å²) >= 11 is 0. The maximum absolute atomic E-state index is 11.8. The summed E-state index contributed by atoms with van der Waals surface area (Å²) in [5.74, 6) is 2.94. The van der Waals surface area contributed by atoms with Gasteiger partial charge in [0.2, 0.25) is 5.91 Å². The Kier molecular flexibility index (Phi) is 7.12. The largest absolute Gasteiger partial charge is 0.493 e. The molecule has 1 aromatic rings. The van der Waals surface area contributed by atoms with E-state index in [0.717, 1.165) is 31.1 Å². The number of fused-ring (bicyclic) bond motifs is 1. The lowest BCUT2D eigenvalue weighted by atomic mass is 9.83. The topological polar surface area (TPSA) is 41.6 Å². The Morgan fingerprint density at radius 1 is 1.14 bits per heavy atom. The molecule has 0 atom stereocenters. The van der Waals surface area contributed by atoms with Crippen molar-refractivity contribution < 1.29 is 9.53 Å². The van der Waals surface area contributed by atoms with Crippen molar-refractivity contribution in [3.05, 3.63) is 29.3 Å². The van der Waals surface area contributed by atoms with Crippen molar-refractivity contribution >= 4 is 5.91 Å². The lowest BCUT2D eigenvalue weighted by Crippen LogP contribution is -2.38. The van der Waals surface area contributed by atoms with E-state index in [0.29, 0.717) is 18.4 Å². The highest BCUT2D eigenvalue weighted by Gasteiger charge is 2.27. The van der Waals surface area contributed by atoms with E-state index >= 15 is 0 Å². The Morgan fingerprint density at radius 3 is 2.69 bits per heavy atom. The third-order valence-electron chi connectivity index (χ3n) is 7.35. The molecule has 2 aliphatic heterocycles. The Hall–Kier alpha value is -1.55. The van der Waals surface area contributed by atoms with Gasteiger partial charge < -0.3 is 15.0 Å². The van der Waals surface area contributed by atoms with Crippen molar-refractivity contribution in [2.24, 2.45) is 5.92 Å². The van der Waals surface area contributed by atoms with Gasteiger partial charge in [0.15, 0.2) is 0 Å². The Balaban J connectivity index is 1.16. The number of hydrogen-bond acceptors (Lipinski definition) is 3. The normalized spacial score (nSPS) is 25.4. The molecule has 0 aromatic heterocycles. The molecule has 160 valence electrons. The molecule has 0 radical (unpaired) electrons. The van der Waals surface area contributed by atoms with Crippen LogP contribution in [0.5, 0.6) is 5.75 Å². The molecule has 1 N–H and O–H groups in total. The van der Waals surface area contributed by atoms with Crippen LogP contribution in [0.1, 0.15) is 81.8 Å². The fraction of sp³-hybridized carbons (Fsp3) is 0.720. The number of likely N-dealkylation sites (tertiary alicyclic amines) is 1. The second-order valence-corrected chi connectivity index (χ2v) is 9.36. The van der Waals surface area contributed by atoms with Crippen LogP contribution >= 0.6 is 0 Å². The molecule has 4 heteroatoms. The van der Waals surface area contributed by atoms with Crippen molar-refractivity contribution in [3.8, 4) is 5.75 Å². The van der Waals surface area contributed by atoms with Crippen molar-refractivity contribution in [1.29, 1.82) is 0 Å². The number of piperidine rings is 1. The molecular weight excluding hydrogens is 360 g/mol. The standard InChI is InChI=1S/C25H38N2O2/c1-2-4-25(28)26-21-9-7-19(8-10-21)11-15-27-16-12-20(13-17-27)22-5-3-6-24-23(22)14-18-29-24/h3,5-6,19-21H,2,4,7-18H2,1H3,(H,26,28). The summed E-state index contributed by atoms with van der Waals surface area (Å²) in [5.41, 5.74) is 3.04. The summed E-state index contributed by atoms with van der Waals surface area (Å²) in [6, 6.07) is 7.07. The number of benzene rings is 1. The molecule has 2 heterocycles. The predicted molar refractivity (Wildman–Crippen MR) is 117 cm³/mol. The van der Waals surface area contributed by atoms with Crippen LogP contribution in [-0.4, -0.2) is 43.1 Å². The molecule has 3 aliphatic rings. The van der Waals surface area contributed by atoms with Gasteiger partial charge in [-0.15, -0.1) is 0 Å². The second-order valence-electron chi connectivity index (χ2n) is 9.36. The number of nitrogens with one attached hydrogen (secondary N) is 1. The van der Waals surface area contributed by atoms with E-state index in [2.05, 4.69) is 35.3 Å². The molecule has 1 aliphatic carbocycles. The number of amides is 1. The van der Waals surface area contributed by atoms with Crippen molar-refractivity contribution in [1.82, 2.24) is 10.2 Å². The van der Waals surface area contributed by atoms with E-state index in [4.69, 9.17) is 4.74 Å². The van der Waals surface area contributed by atoms with Crippen LogP contribution in [0.25, 0.3) is 0 Å². The van der Waals surface area contributed by atoms with Crippen molar-refractivity contribution in [3.63, 3.8) is 0 Å². The molecule has 4 nitrogen and oxygen atoms in total. The zero-order chi connectivity index (χ0) is 20.1. The van der Waals surface area contributed by atoms with E-state index in [1.54, 1.807) is 5.56 Å². The fourth-order valence-corrected chi connectivity index (χ4v) is 5.59. The van der Waals surface area contributed by atoms with Gasteiger partial charge in [0.1, 0.15) is 5.75 Å². The van der Waals surface area contributed by atoms with Gasteiger partial charge in [-0.25, -0.2) is 0 Å². The average molecular weight is 399 g/mol. The van der Waals surface area contributed by atoms with Crippen LogP contribution in [0, 0.1) is 5.92 Å². The molecule has 1 aromatic carbocycles. The van der Waals surface area contributed by atoms with Crippen molar-refractivity contribution in [2.45, 2.75) is 83.1 Å². The summed E-state index contributed by atoms with van der Waals surface area (Å²) in [5, 5.41) is 3.23. The highest BCUT2D eigenvalue weighted by molar-refractivity contribution is 5.76. The predicted octanol–water partition coefficient (Wildman–Crippen LogP) is 4.67. The van der Waals surface area contributed by atoms with Crippen LogP contribution in [0.4, 0.5) is 0 Å². The molecule has 4 rings (SSSR count). The van der Waals surface area contributed by atoms with Crippen LogP contribution in [0.3, 0.4) is 0 Å². The highest BCUT2D eigenvalue weighted by Crippen LogP contribution is 2.37. The molecule has 0 unspecified atom stereocenters. The van der Waals surface area contributed by atoms with Crippen LogP contribution in [0.2, 0.25) is 0 Å². The third kappa shape index (κ3) is 5.33. The first kappa shape index (κ1) is 20.7. The molecule has 0 spiro atoms. The van der Waals surface area contributed by atoms with E-state index in [9.17, 15) is 4.79 Å². The van der Waals surface area contributed by atoms with Gasteiger partial charge in [0, 0.05) is 24.4 Å². The number of nitrogens with zero attached hydrogens (tertiary/aromatic N) is 1. The van der Waals surface area contributed by atoms with Crippen LogP contribution < -0.4 is 10.1 Å². The molecule has 1 saturated heterocycles. The summed E-state index contributed by atoms with van der Waals surface area (Å²) in [7, 11) is 0. The van der Waals surface area contributed by atoms with E-state index in [-0.39, 0.29) is 5.91 Å².